The number of aryl methyl sites for hydroxylation is 6. The fourth-order valence-electron chi connectivity index (χ4n) is 10.1. The Kier molecular flexibility index (Phi) is 9.21. The minimum Gasteiger partial charge on any atom is -0.458 e. The highest BCUT2D eigenvalue weighted by Gasteiger charge is 2.45. The number of benzene rings is 9. The Morgan fingerprint density at radius 1 is 0.439 bits per heavy atom. The second-order valence-corrected chi connectivity index (χ2v) is 18.3. The van der Waals surface area contributed by atoms with Crippen molar-refractivity contribution in [1.29, 1.82) is 0 Å². The van der Waals surface area contributed by atoms with Gasteiger partial charge in [0, 0.05) is 45.6 Å². The molecule has 3 heterocycles. The predicted octanol–water partition coefficient (Wildman–Crippen LogP) is 14.8. The fourth-order valence-corrected chi connectivity index (χ4v) is 10.1. The summed E-state index contributed by atoms with van der Waals surface area (Å²) >= 11 is 0. The average Bonchev–Trinajstić information content (AvgIpc) is 3.72. The number of para-hydroxylation sites is 1. The lowest BCUT2D eigenvalue weighted by Gasteiger charge is -2.42. The molecule has 318 valence electrons. The van der Waals surface area contributed by atoms with E-state index in [0.717, 1.165) is 95.5 Å². The SMILES string of the molecule is Cc1ccc(N(c2ccc(C)cc2)c2cc3c4c(c2)N(c2ccc(C)cc2)c2c(cc(N(c5ccc(C)cc5)c5ccc(C)cc5)c5oc6ccccc6c25)B4c2cc(C)ccc2O3)cc1. The summed E-state index contributed by atoms with van der Waals surface area (Å²) in [4.78, 5) is 7.21. The van der Waals surface area contributed by atoms with E-state index in [-0.39, 0.29) is 6.71 Å². The average molecular weight is 854 g/mol. The van der Waals surface area contributed by atoms with Gasteiger partial charge >= 0.3 is 0 Å². The number of nitrogens with zero attached hydrogens (tertiary/aromatic N) is 3. The Balaban J connectivity index is 1.22. The molecule has 5 nitrogen and oxygen atoms in total. The second-order valence-electron chi connectivity index (χ2n) is 18.3. The molecule has 10 aromatic rings. The van der Waals surface area contributed by atoms with Gasteiger partial charge in [-0.2, -0.15) is 0 Å². The lowest BCUT2D eigenvalue weighted by atomic mass is 9.34. The van der Waals surface area contributed by atoms with E-state index in [1.54, 1.807) is 0 Å². The Hall–Kier alpha value is -7.96. The highest BCUT2D eigenvalue weighted by atomic mass is 16.5. The summed E-state index contributed by atoms with van der Waals surface area (Å²) in [5.41, 5.74) is 21.8. The van der Waals surface area contributed by atoms with E-state index >= 15 is 0 Å². The van der Waals surface area contributed by atoms with Crippen molar-refractivity contribution in [3.05, 3.63) is 215 Å². The van der Waals surface area contributed by atoms with Gasteiger partial charge in [0.25, 0.3) is 6.71 Å². The maximum atomic E-state index is 7.20. The van der Waals surface area contributed by atoms with E-state index in [1.807, 2.05) is 0 Å². The predicted molar refractivity (Wildman–Crippen MR) is 277 cm³/mol. The lowest BCUT2D eigenvalue weighted by Crippen LogP contribution is -2.59. The van der Waals surface area contributed by atoms with E-state index < -0.39 is 0 Å². The molecule has 6 heteroatoms. The van der Waals surface area contributed by atoms with Crippen LogP contribution in [0.5, 0.6) is 11.5 Å². The molecule has 66 heavy (non-hydrogen) atoms. The molecule has 0 aliphatic carbocycles. The Labute approximate surface area is 386 Å². The summed E-state index contributed by atoms with van der Waals surface area (Å²) in [6.45, 7) is 12.7. The quantitative estimate of drug-likeness (QED) is 0.149. The molecule has 0 amide bonds. The zero-order valence-electron chi connectivity index (χ0n) is 38.1. The summed E-state index contributed by atoms with van der Waals surface area (Å²) in [7, 11) is 0. The Bertz CT molecular complexity index is 3410. The van der Waals surface area contributed by atoms with E-state index in [9.17, 15) is 0 Å². The molecular formula is C60H48BN3O2. The van der Waals surface area contributed by atoms with Crippen molar-refractivity contribution in [3.8, 4) is 11.5 Å². The maximum absolute atomic E-state index is 7.20. The molecule has 9 aromatic carbocycles. The van der Waals surface area contributed by atoms with Crippen LogP contribution in [0.2, 0.25) is 0 Å². The fraction of sp³-hybridized carbons (Fsp3) is 0.100. The zero-order chi connectivity index (χ0) is 44.8. The van der Waals surface area contributed by atoms with Crippen molar-refractivity contribution in [2.24, 2.45) is 0 Å². The van der Waals surface area contributed by atoms with E-state index in [2.05, 4.69) is 238 Å². The normalized spacial score (nSPS) is 12.5. The number of hydrogen-bond donors (Lipinski definition) is 0. The summed E-state index contributed by atoms with van der Waals surface area (Å²) in [5.74, 6) is 1.70. The molecule has 2 aliphatic heterocycles. The first-order chi connectivity index (χ1) is 32.2. The number of anilines is 9. The molecule has 1 aromatic heterocycles. The monoisotopic (exact) mass is 853 g/mol. The molecule has 2 aliphatic rings. The van der Waals surface area contributed by atoms with Crippen LogP contribution in [0.4, 0.5) is 51.2 Å². The van der Waals surface area contributed by atoms with Crippen molar-refractivity contribution in [3.63, 3.8) is 0 Å². The van der Waals surface area contributed by atoms with E-state index in [1.165, 1.54) is 38.8 Å². The van der Waals surface area contributed by atoms with Gasteiger partial charge in [-0.1, -0.05) is 124 Å². The third-order valence-corrected chi connectivity index (χ3v) is 13.5. The van der Waals surface area contributed by atoms with Crippen molar-refractivity contribution in [2.45, 2.75) is 41.5 Å². The van der Waals surface area contributed by atoms with Gasteiger partial charge in [-0.3, -0.25) is 0 Å². The van der Waals surface area contributed by atoms with Gasteiger partial charge < -0.3 is 23.9 Å². The van der Waals surface area contributed by atoms with Gasteiger partial charge in [-0.15, -0.1) is 0 Å². The van der Waals surface area contributed by atoms with Crippen LogP contribution >= 0.6 is 0 Å². The van der Waals surface area contributed by atoms with Gasteiger partial charge in [0.2, 0.25) is 0 Å². The first kappa shape index (κ1) is 39.6. The maximum Gasteiger partial charge on any atom is 0.256 e. The third-order valence-electron chi connectivity index (χ3n) is 13.5. The molecule has 0 N–H and O–H groups in total. The van der Waals surface area contributed by atoms with Gasteiger partial charge in [0.1, 0.15) is 17.1 Å². The molecule has 0 unspecified atom stereocenters. The molecule has 0 spiro atoms. The molecule has 0 bridgehead atoms. The van der Waals surface area contributed by atoms with Crippen molar-refractivity contribution >= 4 is 96.2 Å². The number of ether oxygens (including phenoxy) is 1. The van der Waals surface area contributed by atoms with Crippen LogP contribution in [0.25, 0.3) is 21.9 Å². The molecule has 0 saturated heterocycles. The van der Waals surface area contributed by atoms with Crippen LogP contribution in [-0.4, -0.2) is 6.71 Å². The second kappa shape index (κ2) is 15.3. The van der Waals surface area contributed by atoms with E-state index in [0.29, 0.717) is 0 Å². The van der Waals surface area contributed by atoms with Crippen molar-refractivity contribution in [1.82, 2.24) is 0 Å². The first-order valence-corrected chi connectivity index (χ1v) is 22.8. The summed E-state index contributed by atoms with van der Waals surface area (Å²) in [6.07, 6.45) is 0. The van der Waals surface area contributed by atoms with Gasteiger partial charge in [0.05, 0.1) is 22.4 Å². The minimum absolute atomic E-state index is 0.175. The Morgan fingerprint density at radius 3 is 1.53 bits per heavy atom. The largest absolute Gasteiger partial charge is 0.458 e. The minimum atomic E-state index is -0.175. The number of fused-ring (bicyclic) bond motifs is 8. The van der Waals surface area contributed by atoms with Crippen LogP contribution < -0.4 is 35.8 Å². The number of rotatable bonds is 7. The topological polar surface area (TPSA) is 32.1 Å². The van der Waals surface area contributed by atoms with Crippen molar-refractivity contribution < 1.29 is 9.15 Å². The lowest BCUT2D eigenvalue weighted by molar-refractivity contribution is 0.487. The van der Waals surface area contributed by atoms with Gasteiger partial charge in [-0.05, 0) is 143 Å². The van der Waals surface area contributed by atoms with Gasteiger partial charge in [0.15, 0.2) is 5.58 Å². The summed E-state index contributed by atoms with van der Waals surface area (Å²) in [5, 5.41) is 2.13. The third kappa shape index (κ3) is 6.47. The van der Waals surface area contributed by atoms with Crippen molar-refractivity contribution in [2.75, 3.05) is 14.7 Å². The molecule has 0 radical (unpaired) electrons. The summed E-state index contributed by atoms with van der Waals surface area (Å²) < 4.78 is 14.4. The summed E-state index contributed by atoms with van der Waals surface area (Å²) in [6, 6.07) is 66.4. The number of hydrogen-bond acceptors (Lipinski definition) is 5. The van der Waals surface area contributed by atoms with Crippen LogP contribution in [0, 0.1) is 41.5 Å². The standard InChI is InChI=1S/C60H48BN3O2/c1-37-11-22-43(23-12-37)62(44-24-13-38(2)14-25-44)48-34-52-58-56(35-48)65-55-32-21-42(6)33-50(55)61(58)51-36-53(63(45-26-15-39(3)16-27-45)46-28-17-40(4)18-29-46)60-57(49-9-7-8-10-54(49)66-60)59(51)64(52)47-30-19-41(5)20-31-47/h7-36H,1-6H3. The molecular weight excluding hydrogens is 805 g/mol. The molecule has 0 fully saturated rings. The molecule has 0 atom stereocenters. The highest BCUT2D eigenvalue weighted by Crippen LogP contribution is 2.52. The highest BCUT2D eigenvalue weighted by molar-refractivity contribution is 6.99. The molecule has 0 saturated carbocycles. The van der Waals surface area contributed by atoms with Gasteiger partial charge in [-0.25, -0.2) is 0 Å². The first-order valence-electron chi connectivity index (χ1n) is 22.8. The van der Waals surface area contributed by atoms with Crippen LogP contribution in [0.3, 0.4) is 0 Å². The van der Waals surface area contributed by atoms with Crippen LogP contribution in [0.1, 0.15) is 33.4 Å². The van der Waals surface area contributed by atoms with E-state index in [4.69, 9.17) is 9.15 Å². The van der Waals surface area contributed by atoms with Crippen LogP contribution in [0.15, 0.2) is 186 Å². The number of furan rings is 1. The van der Waals surface area contributed by atoms with Crippen LogP contribution in [-0.2, 0) is 0 Å². The smallest absolute Gasteiger partial charge is 0.256 e. The Morgan fingerprint density at radius 2 is 0.955 bits per heavy atom. The zero-order valence-corrected chi connectivity index (χ0v) is 38.1. The molecule has 12 rings (SSSR count).